The monoisotopic (exact) mass is 1810 g/mol. The van der Waals surface area contributed by atoms with Crippen molar-refractivity contribution in [3.63, 3.8) is 0 Å². The third kappa shape index (κ3) is 33.0. The SMILES string of the molecule is CCC(C)C1NC(=O)C(Cc2ccccc2)NC(=O)CNC(=O)CC(C(=O)NC(C(=O)NC(Cc2ccccc2)C(=O)NCC(=O)NC(Cc2cnc[nH]2)C(=O)NC(Cc2ccc(O)cc2)C(=O)NC(CO)C(=O)NCC(=O)NCC(=O)NC(Cc2ccccc2)C(=O)O)C(C)CC)NC(=O)C(CC(N)=O)NC(=O)CNC(=O)C(Cc2c[nH]c3ccccc23)NC(=O)CNC1=O. The third-order valence-corrected chi connectivity index (χ3v) is 21.2. The van der Waals surface area contributed by atoms with Crippen LogP contribution in [0, 0.1) is 11.8 Å². The van der Waals surface area contributed by atoms with Crippen molar-refractivity contribution in [1.82, 2.24) is 105 Å². The Morgan fingerprint density at radius 1 is 0.466 bits per heavy atom. The van der Waals surface area contributed by atoms with Gasteiger partial charge in [0.05, 0.1) is 65.0 Å². The van der Waals surface area contributed by atoms with E-state index in [9.17, 15) is 96.8 Å². The topological polar surface area (TPSA) is 660 Å². The summed E-state index contributed by atoms with van der Waals surface area (Å²) in [6, 6.07) is 19.3. The number of primary amides is 1. The number of hydrogen-bond donors (Lipinski definition) is 23. The van der Waals surface area contributed by atoms with Crippen molar-refractivity contribution in [3.05, 3.63) is 192 Å². The van der Waals surface area contributed by atoms with Gasteiger partial charge in [0.2, 0.25) is 106 Å². The number of aliphatic carboxylic acids is 1. The number of carboxylic acids is 1. The summed E-state index contributed by atoms with van der Waals surface area (Å²) in [5.74, 6) is -21.8. The number of fused-ring (bicyclic) bond motifs is 1. The lowest BCUT2D eigenvalue weighted by atomic mass is 9.96. The third-order valence-electron chi connectivity index (χ3n) is 21.2. The Morgan fingerprint density at radius 2 is 0.954 bits per heavy atom. The second kappa shape index (κ2) is 50.8. The van der Waals surface area contributed by atoms with Crippen LogP contribution < -0.4 is 96.1 Å². The number of carbonyl (C=O) groups is 19. The predicted molar refractivity (Wildman–Crippen MR) is 468 cm³/mol. The van der Waals surface area contributed by atoms with E-state index >= 15 is 9.59 Å². The number of aromatic amines is 2. The fourth-order valence-corrected chi connectivity index (χ4v) is 13.7. The van der Waals surface area contributed by atoms with Gasteiger partial charge in [-0.15, -0.1) is 0 Å². The fraction of sp³-hybridized carbons (Fsp3) is 0.386. The fourth-order valence-electron chi connectivity index (χ4n) is 13.7. The molecule has 18 amide bonds. The van der Waals surface area contributed by atoms with Gasteiger partial charge in [-0.25, -0.2) is 9.78 Å². The van der Waals surface area contributed by atoms with E-state index in [4.69, 9.17) is 5.73 Å². The Bertz CT molecular complexity index is 5180. The van der Waals surface area contributed by atoms with Crippen LogP contribution in [0.15, 0.2) is 158 Å². The minimum absolute atomic E-state index is 0.0715. The molecule has 0 aliphatic carbocycles. The lowest BCUT2D eigenvalue weighted by Gasteiger charge is -2.29. The number of carboxylic acid groups (broad SMARTS) is 1. The lowest BCUT2D eigenvalue weighted by molar-refractivity contribution is -0.141. The standard InChI is InChI=1S/C88H109N21O22/c1-5-48(3)76-86(128)97-45-75(119)100-62(34-54-38-91-58-25-17-16-24-57(54)58)79(121)96-44-74(118)102-64(36-68(89)112)83(125)105-65(37-69(113)92-41-71(115)99-60(84(126)108-76)31-51-20-12-8-13-21-51)85(127)109-77(49(4)6-2)87(129)106-59(30-50-18-10-7-11-19-50)78(120)95-43-73(117)101-63(35-55-39-90-47-98-55)82(124)104-61(32-53-26-28-56(111)29-27-53)81(123)107-67(46-110)80(122)94-40-70(114)93-42-72(116)103-66(88(130)131)33-52-22-14-9-15-23-52/h7-29,38-39,47-49,59-67,76-77,91,110-111H,5-6,30-37,40-46H2,1-4H3,(H2,89,112)(H,90,98)(H,92,113)(H,93,114)(H,94,122)(H,95,120)(H,96,121)(H,97,128)(H,99,115)(H,100,119)(H,101,117)(H,102,118)(H,103,116)(H,104,124)(H,105,125)(H,106,129)(H,107,123)(H,108,126)(H,109,127)(H,130,131). The number of rotatable bonds is 38. The molecule has 5 aromatic carbocycles. The first-order valence-electron chi connectivity index (χ1n) is 42.1. The molecule has 1 saturated heterocycles. The molecule has 8 rings (SSSR count). The number of amides is 18. The van der Waals surface area contributed by atoms with Crippen molar-refractivity contribution < 1.29 is 106 Å². The maximum absolute atomic E-state index is 15.1. The molecule has 0 saturated carbocycles. The van der Waals surface area contributed by atoms with E-state index in [1.807, 2.05) is 0 Å². The Morgan fingerprint density at radius 3 is 1.53 bits per heavy atom. The van der Waals surface area contributed by atoms with Gasteiger partial charge in [0.25, 0.3) is 0 Å². The number of nitrogens with zero attached hydrogens (tertiary/aromatic N) is 1. The molecule has 43 heteroatoms. The zero-order valence-corrected chi connectivity index (χ0v) is 72.2. The lowest BCUT2D eigenvalue weighted by Crippen LogP contribution is -2.61. The molecule has 0 radical (unpaired) electrons. The largest absolute Gasteiger partial charge is 0.508 e. The number of phenolic OH excluding ortho intramolecular Hbond substituents is 1. The van der Waals surface area contributed by atoms with Crippen LogP contribution in [-0.4, -0.2) is 255 Å². The molecule has 7 aromatic rings. The Kier molecular flexibility index (Phi) is 39.1. The quantitative estimate of drug-likeness (QED) is 0.0172. The molecule has 0 spiro atoms. The summed E-state index contributed by atoms with van der Waals surface area (Å²) in [6.07, 6.45) is 1.11. The maximum atomic E-state index is 15.1. The summed E-state index contributed by atoms with van der Waals surface area (Å²) >= 11 is 0. The van der Waals surface area contributed by atoms with Crippen LogP contribution in [0.5, 0.6) is 5.75 Å². The molecule has 13 unspecified atom stereocenters. The summed E-state index contributed by atoms with van der Waals surface area (Å²) in [4.78, 5) is 275. The Balaban J connectivity index is 0.994. The van der Waals surface area contributed by atoms with Crippen LogP contribution in [0.4, 0.5) is 0 Å². The van der Waals surface area contributed by atoms with E-state index in [2.05, 4.69) is 105 Å². The molecule has 24 N–H and O–H groups in total. The number of para-hydroxylation sites is 1. The van der Waals surface area contributed by atoms with Gasteiger partial charge in [-0.2, -0.15) is 0 Å². The predicted octanol–water partition coefficient (Wildman–Crippen LogP) is -5.17. The number of imidazole rings is 1. The molecule has 0 bridgehead atoms. The van der Waals surface area contributed by atoms with Crippen LogP contribution in [0.3, 0.4) is 0 Å². The van der Waals surface area contributed by atoms with E-state index in [0.717, 1.165) is 0 Å². The number of benzene rings is 5. The molecule has 1 fully saturated rings. The van der Waals surface area contributed by atoms with Gasteiger partial charge in [0, 0.05) is 67.5 Å². The average Bonchev–Trinajstić information content (AvgIpc) is 1.65. The van der Waals surface area contributed by atoms with Crippen LogP contribution in [0.2, 0.25) is 0 Å². The minimum atomic E-state index is -2.10. The van der Waals surface area contributed by atoms with Crippen molar-refractivity contribution in [2.75, 3.05) is 45.9 Å². The molecule has 131 heavy (non-hydrogen) atoms. The number of aliphatic hydroxyl groups excluding tert-OH is 1. The van der Waals surface area contributed by atoms with E-state index in [-0.39, 0.29) is 56.4 Å². The number of aromatic nitrogens is 3. The number of hydrogen-bond acceptors (Lipinski definition) is 22. The number of H-pyrrole nitrogens is 2. The molecule has 13 atom stereocenters. The highest BCUT2D eigenvalue weighted by Gasteiger charge is 2.39. The van der Waals surface area contributed by atoms with Crippen molar-refractivity contribution in [2.24, 2.45) is 17.6 Å². The average molecular weight is 1810 g/mol. The number of nitrogens with one attached hydrogen (secondary N) is 19. The summed E-state index contributed by atoms with van der Waals surface area (Å²) in [6.45, 7) is 0.490. The van der Waals surface area contributed by atoms with Crippen molar-refractivity contribution >= 4 is 123 Å². The zero-order chi connectivity index (χ0) is 95.2. The van der Waals surface area contributed by atoms with Crippen LogP contribution in [0.25, 0.3) is 10.9 Å². The second-order valence-electron chi connectivity index (χ2n) is 31.2. The van der Waals surface area contributed by atoms with Gasteiger partial charge in [-0.05, 0) is 57.9 Å². The number of carbonyl (C=O) groups excluding carboxylic acids is 18. The molecular weight excluding hydrogens is 1700 g/mol. The summed E-state index contributed by atoms with van der Waals surface area (Å²) in [5, 5.41) is 72.3. The van der Waals surface area contributed by atoms with E-state index in [0.29, 0.717) is 45.1 Å². The van der Waals surface area contributed by atoms with Crippen LogP contribution >= 0.6 is 0 Å². The molecule has 3 heterocycles. The molecule has 1 aliphatic heterocycles. The van der Waals surface area contributed by atoms with Gasteiger partial charge in [-0.3, -0.25) is 86.3 Å². The van der Waals surface area contributed by atoms with Gasteiger partial charge in [0.15, 0.2) is 0 Å². The van der Waals surface area contributed by atoms with Crippen molar-refractivity contribution in [1.29, 1.82) is 0 Å². The zero-order valence-electron chi connectivity index (χ0n) is 72.2. The van der Waals surface area contributed by atoms with Gasteiger partial charge < -0.3 is 121 Å². The highest BCUT2D eigenvalue weighted by atomic mass is 16.4. The highest BCUT2D eigenvalue weighted by molar-refractivity contribution is 6.02. The van der Waals surface area contributed by atoms with Gasteiger partial charge in [0.1, 0.15) is 72.2 Å². The summed E-state index contributed by atoms with van der Waals surface area (Å²) < 4.78 is 0. The van der Waals surface area contributed by atoms with E-state index in [1.54, 1.807) is 142 Å². The minimum Gasteiger partial charge on any atom is -0.508 e. The Hall–Kier alpha value is -15.5. The smallest absolute Gasteiger partial charge is 0.326 e. The number of nitrogens with two attached hydrogens (primary N) is 1. The van der Waals surface area contributed by atoms with Gasteiger partial charge in [-0.1, -0.05) is 162 Å². The molecule has 698 valence electrons. The van der Waals surface area contributed by atoms with Crippen LogP contribution in [-0.2, 0) is 130 Å². The number of aromatic hydroxyl groups is 1. The molecule has 43 nitrogen and oxygen atoms in total. The molecular formula is C88H109N21O22. The van der Waals surface area contributed by atoms with E-state index in [1.165, 1.54) is 43.7 Å². The van der Waals surface area contributed by atoms with Crippen molar-refractivity contribution in [3.8, 4) is 5.75 Å². The first-order valence-corrected chi connectivity index (χ1v) is 42.1. The van der Waals surface area contributed by atoms with E-state index < -0.39 is 249 Å². The number of aliphatic hydroxyl groups is 1. The molecule has 2 aromatic heterocycles. The normalized spacial score (nSPS) is 18.0. The summed E-state index contributed by atoms with van der Waals surface area (Å²) in [5.41, 5.74) is 8.99. The highest BCUT2D eigenvalue weighted by Crippen LogP contribution is 2.21. The summed E-state index contributed by atoms with van der Waals surface area (Å²) in [7, 11) is 0. The maximum Gasteiger partial charge on any atom is 0.326 e. The Labute approximate surface area is 751 Å². The molecule has 1 aliphatic rings. The van der Waals surface area contributed by atoms with Crippen molar-refractivity contribution in [2.45, 2.75) is 158 Å². The number of phenols is 1. The first kappa shape index (κ1) is 101. The first-order chi connectivity index (χ1) is 62.6. The van der Waals surface area contributed by atoms with Gasteiger partial charge >= 0.3 is 5.97 Å². The van der Waals surface area contributed by atoms with Crippen LogP contribution in [0.1, 0.15) is 86.9 Å². The second-order valence-corrected chi connectivity index (χ2v) is 31.2.